The van der Waals surface area contributed by atoms with Crippen molar-refractivity contribution in [2.75, 3.05) is 17.2 Å². The van der Waals surface area contributed by atoms with Crippen LogP contribution in [0.4, 0.5) is 16.3 Å². The van der Waals surface area contributed by atoms with Crippen molar-refractivity contribution in [2.24, 2.45) is 0 Å². The number of aliphatic hydroxyl groups is 1. The predicted molar refractivity (Wildman–Crippen MR) is 127 cm³/mol. The van der Waals surface area contributed by atoms with Gasteiger partial charge in [0.05, 0.1) is 18.7 Å². The highest BCUT2D eigenvalue weighted by molar-refractivity contribution is 6.15. The summed E-state index contributed by atoms with van der Waals surface area (Å²) in [5, 5.41) is 23.1. The molecule has 1 aliphatic heterocycles. The van der Waals surface area contributed by atoms with Crippen molar-refractivity contribution in [2.45, 2.75) is 50.7 Å². The molecule has 1 saturated carbocycles. The first-order valence-electron chi connectivity index (χ1n) is 11.7. The molecular formula is C24H26FN7O3. The van der Waals surface area contributed by atoms with Gasteiger partial charge in [0.1, 0.15) is 5.82 Å². The summed E-state index contributed by atoms with van der Waals surface area (Å²) in [6.07, 6.45) is 6.54. The average molecular weight is 480 g/mol. The number of imide groups is 1. The Bertz CT molecular complexity index is 1300. The maximum atomic E-state index is 13.5. The van der Waals surface area contributed by atoms with Crippen LogP contribution in [0.5, 0.6) is 0 Å². The van der Waals surface area contributed by atoms with E-state index < -0.39 is 5.91 Å². The molecule has 10 nitrogen and oxygen atoms in total. The summed E-state index contributed by atoms with van der Waals surface area (Å²) < 4.78 is 15.1. The van der Waals surface area contributed by atoms with Crippen LogP contribution in [0, 0.1) is 5.82 Å². The van der Waals surface area contributed by atoms with E-state index in [9.17, 15) is 19.1 Å². The fraction of sp³-hybridized carbons (Fsp3) is 0.375. The zero-order valence-corrected chi connectivity index (χ0v) is 19.0. The van der Waals surface area contributed by atoms with Gasteiger partial charge >= 0.3 is 0 Å². The quantitative estimate of drug-likeness (QED) is 0.299. The summed E-state index contributed by atoms with van der Waals surface area (Å²) in [7, 11) is 0. The molecule has 35 heavy (non-hydrogen) atoms. The molecule has 1 saturated heterocycles. The second kappa shape index (κ2) is 9.79. The number of hydrogen-bond donors (Lipinski definition) is 4. The third kappa shape index (κ3) is 5.29. The van der Waals surface area contributed by atoms with E-state index in [1.807, 2.05) is 6.07 Å². The molecule has 182 valence electrons. The van der Waals surface area contributed by atoms with Crippen LogP contribution in [0.25, 0.3) is 11.7 Å². The maximum absolute atomic E-state index is 13.5. The Morgan fingerprint density at radius 2 is 2.03 bits per heavy atom. The maximum Gasteiger partial charge on any atom is 0.254 e. The lowest BCUT2D eigenvalue weighted by molar-refractivity contribution is -0.124. The first kappa shape index (κ1) is 22.9. The normalized spacial score (nSPS) is 21.5. The molecule has 2 aromatic heterocycles. The van der Waals surface area contributed by atoms with E-state index in [1.165, 1.54) is 12.1 Å². The number of anilines is 2. The minimum Gasteiger partial charge on any atom is -0.393 e. The second-order valence-electron chi connectivity index (χ2n) is 8.89. The van der Waals surface area contributed by atoms with Gasteiger partial charge in [-0.2, -0.15) is 19.6 Å². The van der Waals surface area contributed by atoms with Gasteiger partial charge in [0.25, 0.3) is 5.91 Å². The van der Waals surface area contributed by atoms with Gasteiger partial charge in [0.2, 0.25) is 17.8 Å². The van der Waals surface area contributed by atoms with Crippen molar-refractivity contribution in [1.82, 2.24) is 24.9 Å². The summed E-state index contributed by atoms with van der Waals surface area (Å²) >= 11 is 0. The molecule has 2 fully saturated rings. The lowest BCUT2D eigenvalue weighted by atomic mass is 9.93. The predicted octanol–water partition coefficient (Wildman–Crippen LogP) is 2.06. The van der Waals surface area contributed by atoms with Gasteiger partial charge in [-0.15, -0.1) is 0 Å². The number of aliphatic hydroxyl groups excluding tert-OH is 1. The van der Waals surface area contributed by atoms with Gasteiger partial charge in [-0.05, 0) is 55.9 Å². The van der Waals surface area contributed by atoms with Crippen LogP contribution in [0.3, 0.4) is 0 Å². The van der Waals surface area contributed by atoms with E-state index in [0.717, 1.165) is 18.4 Å². The molecular weight excluding hydrogens is 453 g/mol. The molecule has 2 amide bonds. The summed E-state index contributed by atoms with van der Waals surface area (Å²) in [5.74, 6) is -0.194. The van der Waals surface area contributed by atoms with Crippen molar-refractivity contribution in [1.29, 1.82) is 0 Å². The van der Waals surface area contributed by atoms with Gasteiger partial charge in [-0.25, -0.2) is 4.39 Å². The lowest BCUT2D eigenvalue weighted by Crippen LogP contribution is -2.29. The van der Waals surface area contributed by atoms with Crippen LogP contribution >= 0.6 is 0 Å². The molecule has 1 aromatic carbocycles. The fourth-order valence-electron chi connectivity index (χ4n) is 4.40. The smallest absolute Gasteiger partial charge is 0.254 e. The standard InChI is InChI=1S/C24H26FN7O3/c25-17-3-1-2-14(10-17)8-9-26-24-31-23(28-18-4-6-19(33)7-5-18)30-21-16(13-27-32(21)24)11-15-12-20(34)29-22(15)35/h1-3,10-11,13,18-19,33H,4-9,12H2,(H,29,34,35)(H2,26,28,30,31)/b15-11+. The van der Waals surface area contributed by atoms with Crippen LogP contribution in [-0.4, -0.2) is 55.2 Å². The average Bonchev–Trinajstić information content (AvgIpc) is 3.37. The summed E-state index contributed by atoms with van der Waals surface area (Å²) in [4.78, 5) is 32.9. The number of carbonyl (C=O) groups is 2. The number of benzene rings is 1. The zero-order chi connectivity index (χ0) is 24.4. The molecule has 0 spiro atoms. The highest BCUT2D eigenvalue weighted by Gasteiger charge is 2.25. The third-order valence-corrected chi connectivity index (χ3v) is 6.24. The number of nitrogens with one attached hydrogen (secondary N) is 3. The summed E-state index contributed by atoms with van der Waals surface area (Å²) in [5.41, 5.74) is 2.26. The minimum atomic E-state index is -0.420. The molecule has 3 aromatic rings. The topological polar surface area (TPSA) is 134 Å². The first-order chi connectivity index (χ1) is 16.9. The van der Waals surface area contributed by atoms with Gasteiger partial charge in [-0.1, -0.05) is 12.1 Å². The molecule has 1 aliphatic carbocycles. The lowest BCUT2D eigenvalue weighted by Gasteiger charge is -2.26. The number of carbonyl (C=O) groups excluding carboxylic acids is 2. The van der Waals surface area contributed by atoms with Crippen LogP contribution in [-0.2, 0) is 16.0 Å². The molecule has 5 rings (SSSR count). The third-order valence-electron chi connectivity index (χ3n) is 6.24. The van der Waals surface area contributed by atoms with E-state index in [1.54, 1.807) is 22.9 Å². The zero-order valence-electron chi connectivity index (χ0n) is 19.0. The monoisotopic (exact) mass is 479 g/mol. The molecule has 2 aliphatic rings. The Balaban J connectivity index is 1.43. The molecule has 4 N–H and O–H groups in total. The Morgan fingerprint density at radius 1 is 1.20 bits per heavy atom. The van der Waals surface area contributed by atoms with E-state index >= 15 is 0 Å². The number of hydrogen-bond acceptors (Lipinski definition) is 8. The molecule has 11 heteroatoms. The van der Waals surface area contributed by atoms with Crippen molar-refractivity contribution >= 4 is 35.4 Å². The Morgan fingerprint density at radius 3 is 2.77 bits per heavy atom. The highest BCUT2D eigenvalue weighted by Crippen LogP contribution is 2.24. The van der Waals surface area contributed by atoms with Crippen molar-refractivity contribution in [3.63, 3.8) is 0 Å². The van der Waals surface area contributed by atoms with Crippen LogP contribution in [0.2, 0.25) is 0 Å². The Labute approximate surface area is 200 Å². The number of aromatic nitrogens is 4. The summed E-state index contributed by atoms with van der Waals surface area (Å²) in [6.45, 7) is 0.484. The molecule has 3 heterocycles. The van der Waals surface area contributed by atoms with Gasteiger partial charge in [0, 0.05) is 23.7 Å². The van der Waals surface area contributed by atoms with Crippen molar-refractivity contribution in [3.8, 4) is 0 Å². The fourth-order valence-corrected chi connectivity index (χ4v) is 4.40. The highest BCUT2D eigenvalue weighted by atomic mass is 19.1. The van der Waals surface area contributed by atoms with E-state index in [2.05, 4.69) is 31.0 Å². The minimum absolute atomic E-state index is 0.00943. The molecule has 0 bridgehead atoms. The van der Waals surface area contributed by atoms with E-state index in [0.29, 0.717) is 54.5 Å². The van der Waals surface area contributed by atoms with Crippen LogP contribution in [0.15, 0.2) is 36.0 Å². The van der Waals surface area contributed by atoms with E-state index in [4.69, 9.17) is 0 Å². The number of amides is 2. The number of halogens is 1. The van der Waals surface area contributed by atoms with Gasteiger partial charge in [-0.3, -0.25) is 14.9 Å². The van der Waals surface area contributed by atoms with Gasteiger partial charge in [0.15, 0.2) is 5.65 Å². The molecule has 0 atom stereocenters. The van der Waals surface area contributed by atoms with Crippen molar-refractivity contribution in [3.05, 3.63) is 53.0 Å². The first-order valence-corrected chi connectivity index (χ1v) is 11.7. The summed E-state index contributed by atoms with van der Waals surface area (Å²) in [6, 6.07) is 6.56. The SMILES string of the molecule is O=C1C/C(=C\c2cnn3c(NCCc4cccc(F)c4)nc(NC4CCC(O)CC4)nc23)C(=O)N1. The Hall–Kier alpha value is -3.86. The van der Waals surface area contributed by atoms with E-state index in [-0.39, 0.29) is 30.3 Å². The Kier molecular flexibility index (Phi) is 6.41. The van der Waals surface area contributed by atoms with Gasteiger partial charge < -0.3 is 15.7 Å². The number of fused-ring (bicyclic) bond motifs is 1. The van der Waals surface area contributed by atoms with Crippen LogP contribution in [0.1, 0.15) is 43.2 Å². The van der Waals surface area contributed by atoms with Crippen LogP contribution < -0.4 is 16.0 Å². The molecule has 0 radical (unpaired) electrons. The number of rotatable bonds is 7. The largest absolute Gasteiger partial charge is 0.393 e. The molecule has 0 unspecified atom stereocenters. The van der Waals surface area contributed by atoms with Crippen molar-refractivity contribution < 1.29 is 19.1 Å². The number of nitrogens with zero attached hydrogens (tertiary/aromatic N) is 4. The second-order valence-corrected chi connectivity index (χ2v) is 8.89.